The van der Waals surface area contributed by atoms with E-state index in [1.807, 2.05) is 19.6 Å². The first-order chi connectivity index (χ1) is 15.0. The van der Waals surface area contributed by atoms with Crippen LogP contribution in [0.3, 0.4) is 0 Å². The Labute approximate surface area is 186 Å². The highest BCUT2D eigenvalue weighted by molar-refractivity contribution is 5.80. The highest BCUT2D eigenvalue weighted by Gasteiger charge is 2.34. The molecule has 0 aromatic carbocycles. The van der Waals surface area contributed by atoms with Gasteiger partial charge in [-0.1, -0.05) is 0 Å². The molecular weight excluding hydrogens is 394 g/mol. The first kappa shape index (κ1) is 22.4. The van der Waals surface area contributed by atoms with Crippen molar-refractivity contribution < 1.29 is 14.4 Å². The van der Waals surface area contributed by atoms with E-state index in [1.54, 1.807) is 0 Å². The van der Waals surface area contributed by atoms with E-state index < -0.39 is 0 Å². The van der Waals surface area contributed by atoms with Crippen molar-refractivity contribution in [3.05, 3.63) is 0 Å². The Balaban J connectivity index is 1.18. The van der Waals surface area contributed by atoms with E-state index in [2.05, 4.69) is 11.8 Å². The molecule has 8 heteroatoms. The summed E-state index contributed by atoms with van der Waals surface area (Å²) in [6.07, 6.45) is 7.19. The maximum atomic E-state index is 13.0. The van der Waals surface area contributed by atoms with Crippen molar-refractivity contribution in [1.29, 1.82) is 0 Å². The number of likely N-dealkylation sites (tertiary alicyclic amines) is 3. The Morgan fingerprint density at radius 3 is 1.94 bits per heavy atom. The predicted octanol–water partition coefficient (Wildman–Crippen LogP) is 1.46. The van der Waals surface area contributed by atoms with Crippen LogP contribution >= 0.6 is 0 Å². The van der Waals surface area contributed by atoms with Gasteiger partial charge in [-0.2, -0.15) is 0 Å². The van der Waals surface area contributed by atoms with Gasteiger partial charge in [0.1, 0.15) is 0 Å². The van der Waals surface area contributed by atoms with Crippen molar-refractivity contribution in [3.63, 3.8) is 0 Å². The van der Waals surface area contributed by atoms with Crippen LogP contribution in [0.5, 0.6) is 0 Å². The maximum Gasteiger partial charge on any atom is 0.319 e. The van der Waals surface area contributed by atoms with Gasteiger partial charge in [0, 0.05) is 70.9 Å². The number of rotatable bonds is 3. The minimum absolute atomic E-state index is 0.0324. The number of carbonyl (C=O) groups excluding carboxylic acids is 3. The Kier molecular flexibility index (Phi) is 7.35. The Morgan fingerprint density at radius 1 is 0.677 bits per heavy atom. The zero-order chi connectivity index (χ0) is 21.8. The molecule has 1 atom stereocenters. The molecule has 0 radical (unpaired) electrons. The first-order valence-corrected chi connectivity index (χ1v) is 12.4. The third-order valence-corrected chi connectivity index (χ3v) is 7.66. The molecule has 4 amide bonds. The normalized spacial score (nSPS) is 26.4. The van der Waals surface area contributed by atoms with E-state index in [9.17, 15) is 14.4 Å². The number of piperazine rings is 1. The standard InChI is InChI=1S/C23H39N5O3/c1-19-6-2-3-11-28(19)21(29)18-24-14-16-25(17-15-24)22(30)20-7-12-27(13-8-20)23(31)26-9-4-5-10-26/h19-20H,2-18H2,1H3. The fraction of sp³-hybridized carbons (Fsp3) is 0.870. The molecule has 0 aromatic rings. The van der Waals surface area contributed by atoms with Crippen LogP contribution in [0.4, 0.5) is 4.79 Å². The highest BCUT2D eigenvalue weighted by Crippen LogP contribution is 2.23. The number of urea groups is 1. The number of piperidine rings is 2. The molecule has 4 aliphatic heterocycles. The molecule has 8 nitrogen and oxygen atoms in total. The van der Waals surface area contributed by atoms with Gasteiger partial charge in [0.25, 0.3) is 0 Å². The van der Waals surface area contributed by atoms with Crippen LogP contribution in [-0.2, 0) is 9.59 Å². The van der Waals surface area contributed by atoms with Gasteiger partial charge in [0.05, 0.1) is 6.54 Å². The SMILES string of the molecule is CC1CCCCN1C(=O)CN1CCN(C(=O)C2CCN(C(=O)N3CCCC3)CC2)CC1. The van der Waals surface area contributed by atoms with Crippen LogP contribution in [0, 0.1) is 5.92 Å². The molecule has 0 N–H and O–H groups in total. The first-order valence-electron chi connectivity index (χ1n) is 12.4. The third kappa shape index (κ3) is 5.33. The van der Waals surface area contributed by atoms with Gasteiger partial charge >= 0.3 is 6.03 Å². The lowest BCUT2D eigenvalue weighted by Gasteiger charge is -2.40. The summed E-state index contributed by atoms with van der Waals surface area (Å²) in [5, 5.41) is 0. The van der Waals surface area contributed by atoms with Crippen LogP contribution in [0.25, 0.3) is 0 Å². The molecule has 4 saturated heterocycles. The van der Waals surface area contributed by atoms with Gasteiger partial charge in [-0.3, -0.25) is 14.5 Å². The largest absolute Gasteiger partial charge is 0.340 e. The molecular formula is C23H39N5O3. The molecule has 31 heavy (non-hydrogen) atoms. The summed E-state index contributed by atoms with van der Waals surface area (Å²) in [4.78, 5) is 48.4. The Hall–Kier alpha value is -1.83. The van der Waals surface area contributed by atoms with E-state index in [-0.39, 0.29) is 23.8 Å². The van der Waals surface area contributed by atoms with Crippen LogP contribution in [0.2, 0.25) is 0 Å². The summed E-state index contributed by atoms with van der Waals surface area (Å²) in [6, 6.07) is 0.511. The quantitative estimate of drug-likeness (QED) is 0.676. The van der Waals surface area contributed by atoms with E-state index in [0.29, 0.717) is 38.8 Å². The smallest absolute Gasteiger partial charge is 0.319 e. The van der Waals surface area contributed by atoms with E-state index in [4.69, 9.17) is 0 Å². The second-order valence-corrected chi connectivity index (χ2v) is 9.77. The number of amides is 4. The molecule has 1 unspecified atom stereocenters. The summed E-state index contributed by atoms with van der Waals surface area (Å²) in [6.45, 7) is 9.59. The van der Waals surface area contributed by atoms with Crippen molar-refractivity contribution in [2.24, 2.45) is 5.92 Å². The second-order valence-electron chi connectivity index (χ2n) is 9.77. The molecule has 4 heterocycles. The average Bonchev–Trinajstić information content (AvgIpc) is 3.34. The summed E-state index contributed by atoms with van der Waals surface area (Å²) in [7, 11) is 0. The van der Waals surface area contributed by atoms with E-state index >= 15 is 0 Å². The van der Waals surface area contributed by atoms with Crippen molar-refractivity contribution in [2.75, 3.05) is 65.4 Å². The second kappa shape index (κ2) is 10.2. The number of nitrogens with zero attached hydrogens (tertiary/aromatic N) is 5. The fourth-order valence-corrected chi connectivity index (χ4v) is 5.56. The van der Waals surface area contributed by atoms with Crippen molar-refractivity contribution in [1.82, 2.24) is 24.5 Å². The monoisotopic (exact) mass is 433 g/mol. The molecule has 0 saturated carbocycles. The summed E-state index contributed by atoms with van der Waals surface area (Å²) < 4.78 is 0. The number of hydrogen-bond acceptors (Lipinski definition) is 4. The van der Waals surface area contributed by atoms with Gasteiger partial charge in [-0.25, -0.2) is 4.79 Å². The van der Waals surface area contributed by atoms with Crippen LogP contribution in [0.15, 0.2) is 0 Å². The van der Waals surface area contributed by atoms with Crippen LogP contribution in [-0.4, -0.2) is 114 Å². The Bertz CT molecular complexity index is 650. The van der Waals surface area contributed by atoms with Gasteiger partial charge in [-0.05, 0) is 51.9 Å². The third-order valence-electron chi connectivity index (χ3n) is 7.66. The van der Waals surface area contributed by atoms with Crippen LogP contribution in [0.1, 0.15) is 51.9 Å². The molecule has 0 bridgehead atoms. The summed E-state index contributed by atoms with van der Waals surface area (Å²) >= 11 is 0. The van der Waals surface area contributed by atoms with Crippen molar-refractivity contribution in [2.45, 2.75) is 57.9 Å². The van der Waals surface area contributed by atoms with Gasteiger partial charge in [-0.15, -0.1) is 0 Å². The zero-order valence-electron chi connectivity index (χ0n) is 19.1. The summed E-state index contributed by atoms with van der Waals surface area (Å²) in [5.74, 6) is 0.510. The molecule has 0 aliphatic carbocycles. The summed E-state index contributed by atoms with van der Waals surface area (Å²) in [5.41, 5.74) is 0. The molecule has 4 fully saturated rings. The van der Waals surface area contributed by atoms with Gasteiger partial charge in [0.15, 0.2) is 0 Å². The minimum atomic E-state index is 0.0324. The fourth-order valence-electron chi connectivity index (χ4n) is 5.56. The van der Waals surface area contributed by atoms with Crippen LogP contribution < -0.4 is 0 Å². The van der Waals surface area contributed by atoms with E-state index in [0.717, 1.165) is 71.2 Å². The van der Waals surface area contributed by atoms with Gasteiger partial charge in [0.2, 0.25) is 11.8 Å². The minimum Gasteiger partial charge on any atom is -0.340 e. The lowest BCUT2D eigenvalue weighted by molar-refractivity contribution is -0.140. The Morgan fingerprint density at radius 2 is 1.29 bits per heavy atom. The topological polar surface area (TPSA) is 67.4 Å². The highest BCUT2D eigenvalue weighted by atomic mass is 16.2. The molecule has 174 valence electrons. The molecule has 0 spiro atoms. The lowest BCUT2D eigenvalue weighted by Crippen LogP contribution is -2.55. The number of carbonyl (C=O) groups is 3. The number of hydrogen-bond donors (Lipinski definition) is 0. The maximum absolute atomic E-state index is 13.0. The molecule has 4 aliphatic rings. The zero-order valence-corrected chi connectivity index (χ0v) is 19.1. The molecule has 0 aromatic heterocycles. The average molecular weight is 434 g/mol. The lowest BCUT2D eigenvalue weighted by atomic mass is 9.95. The van der Waals surface area contributed by atoms with Crippen molar-refractivity contribution >= 4 is 17.8 Å². The molecule has 4 rings (SSSR count). The predicted molar refractivity (Wildman–Crippen MR) is 119 cm³/mol. The van der Waals surface area contributed by atoms with Crippen molar-refractivity contribution in [3.8, 4) is 0 Å². The van der Waals surface area contributed by atoms with Gasteiger partial charge < -0.3 is 19.6 Å². The van der Waals surface area contributed by atoms with E-state index in [1.165, 1.54) is 6.42 Å².